The zero-order valence-corrected chi connectivity index (χ0v) is 8.05. The minimum Gasteiger partial charge on any atom is -0.480 e. The molecular weight excluding hydrogens is 215 g/mol. The molecule has 0 unspecified atom stereocenters. The van der Waals surface area contributed by atoms with Gasteiger partial charge in [0.15, 0.2) is 5.82 Å². The Hall–Kier alpha value is -2.24. The fourth-order valence-corrected chi connectivity index (χ4v) is 1.45. The fourth-order valence-electron chi connectivity index (χ4n) is 1.45. The molecule has 0 spiro atoms. The average Bonchev–Trinajstić information content (AvgIpc) is 2.22. The molecule has 16 heavy (non-hydrogen) atoms. The van der Waals surface area contributed by atoms with Gasteiger partial charge in [0, 0.05) is 17.8 Å². The summed E-state index contributed by atoms with van der Waals surface area (Å²) in [4.78, 5) is 25.8. The first-order chi connectivity index (χ1) is 7.59. The van der Waals surface area contributed by atoms with Crippen LogP contribution in [0.5, 0.6) is 0 Å². The van der Waals surface area contributed by atoms with Gasteiger partial charge in [-0.25, -0.2) is 4.39 Å². The Morgan fingerprint density at radius 2 is 2.25 bits per heavy atom. The number of halogens is 1. The number of hydrogen-bond acceptors (Lipinski definition) is 3. The molecular formula is C10H7FN2O3. The summed E-state index contributed by atoms with van der Waals surface area (Å²) < 4.78 is 14.3. The van der Waals surface area contributed by atoms with Gasteiger partial charge in [0.2, 0.25) is 0 Å². The Kier molecular flexibility index (Phi) is 2.40. The van der Waals surface area contributed by atoms with Crippen molar-refractivity contribution >= 4 is 16.7 Å². The van der Waals surface area contributed by atoms with Crippen molar-refractivity contribution in [2.75, 3.05) is 0 Å². The lowest BCUT2D eigenvalue weighted by molar-refractivity contribution is -0.137. The fraction of sp³-hybridized carbons (Fsp3) is 0.100. The highest BCUT2D eigenvalue weighted by Gasteiger charge is 2.09. The van der Waals surface area contributed by atoms with E-state index in [0.717, 1.165) is 10.8 Å². The second-order valence-electron chi connectivity index (χ2n) is 3.23. The molecule has 0 aromatic carbocycles. The number of nitrogens with zero attached hydrogens (tertiary/aromatic N) is 2. The Morgan fingerprint density at radius 3 is 2.94 bits per heavy atom. The van der Waals surface area contributed by atoms with Gasteiger partial charge in [-0.05, 0) is 6.07 Å². The Balaban J connectivity index is 2.73. The van der Waals surface area contributed by atoms with Crippen molar-refractivity contribution in [3.05, 3.63) is 40.8 Å². The van der Waals surface area contributed by atoms with Crippen molar-refractivity contribution in [2.45, 2.75) is 6.54 Å². The Bertz CT molecular complexity index is 621. The molecule has 0 bridgehead atoms. The highest BCUT2D eigenvalue weighted by atomic mass is 19.1. The highest BCUT2D eigenvalue weighted by molar-refractivity contribution is 5.81. The van der Waals surface area contributed by atoms with Crippen molar-refractivity contribution < 1.29 is 14.3 Å². The molecule has 0 radical (unpaired) electrons. The third-order valence-corrected chi connectivity index (χ3v) is 2.14. The maximum atomic E-state index is 13.3. The van der Waals surface area contributed by atoms with Crippen LogP contribution in [0.25, 0.3) is 10.8 Å². The van der Waals surface area contributed by atoms with Gasteiger partial charge >= 0.3 is 5.97 Å². The van der Waals surface area contributed by atoms with Gasteiger partial charge in [0.05, 0.1) is 11.6 Å². The lowest BCUT2D eigenvalue weighted by atomic mass is 10.2. The van der Waals surface area contributed by atoms with Crippen molar-refractivity contribution in [3.63, 3.8) is 0 Å². The van der Waals surface area contributed by atoms with Gasteiger partial charge in [-0.3, -0.25) is 14.6 Å². The zero-order chi connectivity index (χ0) is 11.7. The number of aromatic nitrogens is 2. The number of carbonyl (C=O) groups is 1. The largest absolute Gasteiger partial charge is 0.480 e. The summed E-state index contributed by atoms with van der Waals surface area (Å²) in [5, 5.41) is 8.78. The topological polar surface area (TPSA) is 72.2 Å². The van der Waals surface area contributed by atoms with Crippen LogP contribution in [0.3, 0.4) is 0 Å². The van der Waals surface area contributed by atoms with Crippen molar-refractivity contribution in [1.29, 1.82) is 0 Å². The quantitative estimate of drug-likeness (QED) is 0.808. The minimum absolute atomic E-state index is 0.140. The number of pyridine rings is 2. The predicted molar refractivity (Wildman–Crippen MR) is 53.6 cm³/mol. The Labute approximate surface area is 88.8 Å². The van der Waals surface area contributed by atoms with Gasteiger partial charge < -0.3 is 9.67 Å². The van der Waals surface area contributed by atoms with E-state index in [4.69, 9.17) is 5.11 Å². The van der Waals surface area contributed by atoms with Crippen LogP contribution in [0.15, 0.2) is 29.5 Å². The summed E-state index contributed by atoms with van der Waals surface area (Å²) in [5.41, 5.74) is -0.667. The minimum atomic E-state index is -1.16. The molecule has 2 aromatic heterocycles. The standard InChI is InChI=1S/C10H7FN2O3/c11-7-4-12-3-6-1-2-13(5-8(14)15)10(16)9(6)7/h1-4H,5H2,(H,14,15). The zero-order valence-electron chi connectivity index (χ0n) is 8.05. The monoisotopic (exact) mass is 222 g/mol. The number of carboxylic acid groups (broad SMARTS) is 1. The third-order valence-electron chi connectivity index (χ3n) is 2.14. The van der Waals surface area contributed by atoms with E-state index in [9.17, 15) is 14.0 Å². The summed E-state index contributed by atoms with van der Waals surface area (Å²) in [6.45, 7) is -0.490. The molecule has 82 valence electrons. The number of hydrogen-bond donors (Lipinski definition) is 1. The summed E-state index contributed by atoms with van der Waals surface area (Å²) >= 11 is 0. The van der Waals surface area contributed by atoms with E-state index in [2.05, 4.69) is 4.98 Å². The molecule has 0 saturated carbocycles. The first-order valence-electron chi connectivity index (χ1n) is 4.44. The van der Waals surface area contributed by atoms with Crippen LogP contribution in [-0.4, -0.2) is 20.6 Å². The Morgan fingerprint density at radius 1 is 1.50 bits per heavy atom. The van der Waals surface area contributed by atoms with Gasteiger partial charge in [-0.2, -0.15) is 0 Å². The maximum Gasteiger partial charge on any atom is 0.323 e. The van der Waals surface area contributed by atoms with Crippen molar-refractivity contribution in [1.82, 2.24) is 9.55 Å². The normalized spacial score (nSPS) is 10.6. The molecule has 0 fully saturated rings. The molecule has 2 rings (SSSR count). The molecule has 5 nitrogen and oxygen atoms in total. The first kappa shape index (κ1) is 10.3. The molecule has 2 aromatic rings. The first-order valence-corrected chi connectivity index (χ1v) is 4.44. The van der Waals surface area contributed by atoms with Gasteiger partial charge in [-0.1, -0.05) is 0 Å². The van der Waals surface area contributed by atoms with Crippen LogP contribution in [0.2, 0.25) is 0 Å². The molecule has 0 atom stereocenters. The van der Waals surface area contributed by atoms with Crippen LogP contribution in [-0.2, 0) is 11.3 Å². The van der Waals surface area contributed by atoms with Gasteiger partial charge in [0.1, 0.15) is 6.54 Å². The van der Waals surface area contributed by atoms with Gasteiger partial charge in [-0.15, -0.1) is 0 Å². The molecule has 0 saturated heterocycles. The van der Waals surface area contributed by atoms with E-state index in [1.54, 1.807) is 0 Å². The molecule has 0 aliphatic heterocycles. The molecule has 0 amide bonds. The van der Waals surface area contributed by atoms with Crippen molar-refractivity contribution in [2.24, 2.45) is 0 Å². The highest BCUT2D eigenvalue weighted by Crippen LogP contribution is 2.10. The summed E-state index contributed by atoms with van der Waals surface area (Å²) in [6, 6.07) is 1.45. The summed E-state index contributed by atoms with van der Waals surface area (Å²) in [5.74, 6) is -1.90. The van der Waals surface area contributed by atoms with Crippen LogP contribution in [0.4, 0.5) is 4.39 Å². The van der Waals surface area contributed by atoms with E-state index in [0.29, 0.717) is 5.39 Å². The molecule has 0 aliphatic carbocycles. The van der Waals surface area contributed by atoms with E-state index in [1.165, 1.54) is 18.5 Å². The molecule has 1 N–H and O–H groups in total. The lowest BCUT2D eigenvalue weighted by Crippen LogP contribution is -2.24. The van der Waals surface area contributed by atoms with Crippen LogP contribution in [0, 0.1) is 5.82 Å². The van der Waals surface area contributed by atoms with E-state index >= 15 is 0 Å². The van der Waals surface area contributed by atoms with E-state index in [-0.39, 0.29) is 5.39 Å². The van der Waals surface area contributed by atoms with E-state index < -0.39 is 23.9 Å². The second-order valence-corrected chi connectivity index (χ2v) is 3.23. The van der Waals surface area contributed by atoms with Crippen LogP contribution >= 0.6 is 0 Å². The number of rotatable bonds is 2. The van der Waals surface area contributed by atoms with E-state index in [1.807, 2.05) is 0 Å². The number of fused-ring (bicyclic) bond motifs is 1. The molecule has 2 heterocycles. The number of carboxylic acids is 1. The van der Waals surface area contributed by atoms with Gasteiger partial charge in [0.25, 0.3) is 5.56 Å². The predicted octanol–water partition coefficient (Wildman–Crippen LogP) is 0.620. The maximum absolute atomic E-state index is 13.3. The van der Waals surface area contributed by atoms with Crippen LogP contribution in [0.1, 0.15) is 0 Å². The summed E-state index contributed by atoms with van der Waals surface area (Å²) in [7, 11) is 0. The SMILES string of the molecule is O=C(O)Cn1ccc2cncc(F)c2c1=O. The second kappa shape index (κ2) is 3.73. The lowest BCUT2D eigenvalue weighted by Gasteiger charge is -2.04. The van der Waals surface area contributed by atoms with Crippen molar-refractivity contribution in [3.8, 4) is 0 Å². The molecule has 0 aliphatic rings. The number of aliphatic carboxylic acids is 1. The summed E-state index contributed by atoms with van der Waals surface area (Å²) in [6.07, 6.45) is 3.58. The van der Waals surface area contributed by atoms with Crippen LogP contribution < -0.4 is 5.56 Å². The third kappa shape index (κ3) is 1.65. The molecule has 6 heteroatoms. The smallest absolute Gasteiger partial charge is 0.323 e. The average molecular weight is 222 g/mol.